The summed E-state index contributed by atoms with van der Waals surface area (Å²) in [5, 5.41) is 17.9. The van der Waals surface area contributed by atoms with Crippen molar-refractivity contribution in [1.29, 1.82) is 5.41 Å². The van der Waals surface area contributed by atoms with Crippen molar-refractivity contribution in [2.45, 2.75) is 6.18 Å². The number of H-pyrrole nitrogens is 1. The predicted molar refractivity (Wildman–Crippen MR) is 163 cm³/mol. The Labute approximate surface area is 243 Å². The van der Waals surface area contributed by atoms with E-state index < -0.39 is 19.9 Å². The first-order chi connectivity index (χ1) is 20.5. The molecule has 0 fully saturated rings. The molecule has 0 radical (unpaired) electrons. The van der Waals surface area contributed by atoms with Gasteiger partial charge in [-0.15, -0.1) is 0 Å². The van der Waals surface area contributed by atoms with E-state index >= 15 is 0 Å². The number of allylic oxidation sites excluding steroid dienone is 1. The molecule has 5 rings (SSSR count). The maximum Gasteiger partial charge on any atom is 0.422 e. The first-order valence-electron chi connectivity index (χ1n) is 12.9. The van der Waals surface area contributed by atoms with Crippen molar-refractivity contribution < 1.29 is 22.5 Å². The Morgan fingerprint density at radius 2 is 1.86 bits per heavy atom. The lowest BCUT2D eigenvalue weighted by Gasteiger charge is -2.18. The summed E-state index contributed by atoms with van der Waals surface area (Å²) in [5.41, 5.74) is 3.20. The number of hydrogen-bond donors (Lipinski definition) is 5. The number of nitrogens with zero attached hydrogens (tertiary/aromatic N) is 4. The normalized spacial score (nSPS) is 12.4. The molecule has 0 unspecified atom stereocenters. The molecule has 43 heavy (non-hydrogen) atoms. The van der Waals surface area contributed by atoms with Gasteiger partial charge in [-0.3, -0.25) is 9.97 Å². The molecule has 0 aliphatic heterocycles. The van der Waals surface area contributed by atoms with Crippen LogP contribution in [-0.4, -0.2) is 64.3 Å². The third-order valence-corrected chi connectivity index (χ3v) is 7.76. The number of alkyl halides is 3. The van der Waals surface area contributed by atoms with E-state index in [2.05, 4.69) is 40.9 Å². The van der Waals surface area contributed by atoms with Crippen LogP contribution in [0.15, 0.2) is 61.2 Å². The molecule has 222 valence electrons. The van der Waals surface area contributed by atoms with Crippen LogP contribution in [0.25, 0.3) is 27.6 Å². The molecule has 5 aromatic rings. The number of hydrogen-bond acceptors (Lipinski definition) is 10. The van der Waals surface area contributed by atoms with Crippen LogP contribution in [0.4, 0.5) is 36.3 Å². The van der Waals surface area contributed by atoms with Crippen LogP contribution in [-0.2, 0) is 4.57 Å². The van der Waals surface area contributed by atoms with Crippen molar-refractivity contribution >= 4 is 69.4 Å². The molecule has 5 N–H and O–H groups in total. The fourth-order valence-electron chi connectivity index (χ4n) is 4.46. The maximum absolute atomic E-state index is 13.4. The lowest BCUT2D eigenvalue weighted by atomic mass is 10.1. The lowest BCUT2D eigenvalue weighted by Crippen LogP contribution is -2.19. The standard InChI is InChI=1S/C28H27F3N9O2P/c1-33-14-17(13-32)16-4-7-22(42-15-28(29,30)31)21(12-16)38-27-39-25-18(8-9-36-25)26(40-27)37-20-6-5-19-23(35-11-10-34-19)24(20)43(2,3)41/h4-14,32-33H,15H2,1-3H3,(H3,36,37,38,39,40)/b17-14+,32-13?. The van der Waals surface area contributed by atoms with Crippen LogP contribution < -0.4 is 26.0 Å². The minimum atomic E-state index is -4.56. The van der Waals surface area contributed by atoms with Crippen molar-refractivity contribution in [1.82, 2.24) is 30.2 Å². The molecular formula is C28H27F3N9O2P. The number of benzene rings is 2. The zero-order valence-electron chi connectivity index (χ0n) is 23.2. The summed E-state index contributed by atoms with van der Waals surface area (Å²) in [4.78, 5) is 20.9. The van der Waals surface area contributed by atoms with E-state index in [4.69, 9.17) is 10.1 Å². The summed E-state index contributed by atoms with van der Waals surface area (Å²) in [5.74, 6) is 0.294. The van der Waals surface area contributed by atoms with Crippen LogP contribution in [0.1, 0.15) is 5.56 Å². The second kappa shape index (κ2) is 11.7. The number of halogens is 3. The van der Waals surface area contributed by atoms with E-state index in [-0.39, 0.29) is 17.4 Å². The quantitative estimate of drug-likeness (QED) is 0.0978. The third kappa shape index (κ3) is 6.59. The van der Waals surface area contributed by atoms with Crippen molar-refractivity contribution in [3.8, 4) is 5.75 Å². The van der Waals surface area contributed by atoms with E-state index in [1.165, 1.54) is 12.3 Å². The molecule has 3 aromatic heterocycles. The average Bonchev–Trinajstić information content (AvgIpc) is 3.43. The summed E-state index contributed by atoms with van der Waals surface area (Å²) in [7, 11) is -1.20. The smallest absolute Gasteiger partial charge is 0.422 e. The molecule has 11 nitrogen and oxygen atoms in total. The molecule has 15 heteroatoms. The van der Waals surface area contributed by atoms with Gasteiger partial charge < -0.3 is 35.6 Å². The molecule has 0 saturated heterocycles. The van der Waals surface area contributed by atoms with Gasteiger partial charge in [0.2, 0.25) is 5.95 Å². The number of aromatic amines is 1. The summed E-state index contributed by atoms with van der Waals surface area (Å²) in [6.45, 7) is 1.78. The largest absolute Gasteiger partial charge is 0.482 e. The summed E-state index contributed by atoms with van der Waals surface area (Å²) >= 11 is 0. The number of nitrogens with one attached hydrogen (secondary N) is 5. The fraction of sp³-hybridized carbons (Fsp3) is 0.179. The van der Waals surface area contributed by atoms with Crippen molar-refractivity contribution in [2.24, 2.45) is 0 Å². The van der Waals surface area contributed by atoms with Gasteiger partial charge >= 0.3 is 6.18 Å². The summed E-state index contributed by atoms with van der Waals surface area (Å²) in [6, 6.07) is 9.74. The predicted octanol–water partition coefficient (Wildman–Crippen LogP) is 5.79. The molecule has 0 aliphatic rings. The van der Waals surface area contributed by atoms with E-state index in [0.29, 0.717) is 50.0 Å². The minimum Gasteiger partial charge on any atom is -0.482 e. The van der Waals surface area contributed by atoms with Crippen LogP contribution in [0.5, 0.6) is 5.75 Å². The van der Waals surface area contributed by atoms with Crippen LogP contribution in [0.2, 0.25) is 0 Å². The van der Waals surface area contributed by atoms with Crippen molar-refractivity contribution in [2.75, 3.05) is 37.6 Å². The van der Waals surface area contributed by atoms with E-state index in [0.717, 1.165) is 6.21 Å². The SMILES string of the molecule is CN/C=C(\C=N)c1ccc(OCC(F)(F)F)c(Nc2nc(Nc3ccc4nccnc4c3P(C)(C)=O)c3cc[nH]c3n2)c1. The van der Waals surface area contributed by atoms with E-state index in [1.54, 1.807) is 69.3 Å². The van der Waals surface area contributed by atoms with Gasteiger partial charge in [0.1, 0.15) is 29.9 Å². The topological polar surface area (TPSA) is 154 Å². The molecule has 2 aromatic carbocycles. The molecule has 0 amide bonds. The number of aromatic nitrogens is 5. The van der Waals surface area contributed by atoms with Crippen LogP contribution in [0.3, 0.4) is 0 Å². The molecule has 0 bridgehead atoms. The number of rotatable bonds is 10. The van der Waals surface area contributed by atoms with Crippen LogP contribution in [0, 0.1) is 5.41 Å². The zero-order chi connectivity index (χ0) is 30.8. The lowest BCUT2D eigenvalue weighted by molar-refractivity contribution is -0.153. The van der Waals surface area contributed by atoms with Gasteiger partial charge in [0.05, 0.1) is 27.6 Å². The van der Waals surface area contributed by atoms with Gasteiger partial charge in [0, 0.05) is 43.6 Å². The molecule has 0 aliphatic carbocycles. The third-order valence-electron chi connectivity index (χ3n) is 6.23. The first-order valence-corrected chi connectivity index (χ1v) is 15.5. The molecule has 3 heterocycles. The second-order valence-corrected chi connectivity index (χ2v) is 12.9. The highest BCUT2D eigenvalue weighted by Gasteiger charge is 2.29. The van der Waals surface area contributed by atoms with Crippen LogP contribution >= 0.6 is 7.14 Å². The van der Waals surface area contributed by atoms with Gasteiger partial charge in [-0.1, -0.05) is 6.07 Å². The Hall–Kier alpha value is -4.97. The Morgan fingerprint density at radius 3 is 2.58 bits per heavy atom. The monoisotopic (exact) mass is 609 g/mol. The van der Waals surface area contributed by atoms with Gasteiger partial charge in [-0.25, -0.2) is 0 Å². The molecule has 0 atom stereocenters. The fourth-order valence-corrected chi connectivity index (χ4v) is 5.86. The number of fused-ring (bicyclic) bond motifs is 2. The first kappa shape index (κ1) is 29.5. The highest BCUT2D eigenvalue weighted by Crippen LogP contribution is 2.41. The van der Waals surface area contributed by atoms with Crippen molar-refractivity contribution in [3.05, 3.63) is 66.8 Å². The Morgan fingerprint density at radius 1 is 1.07 bits per heavy atom. The van der Waals surface area contributed by atoms with Gasteiger partial charge in [0.15, 0.2) is 6.61 Å². The Kier molecular flexibility index (Phi) is 8.05. The molecule has 0 spiro atoms. The number of ether oxygens (including phenoxy) is 1. The highest BCUT2D eigenvalue weighted by atomic mass is 31.2. The zero-order valence-corrected chi connectivity index (χ0v) is 24.1. The van der Waals surface area contributed by atoms with Gasteiger partial charge in [-0.2, -0.15) is 23.1 Å². The van der Waals surface area contributed by atoms with Gasteiger partial charge in [0.25, 0.3) is 0 Å². The van der Waals surface area contributed by atoms with E-state index in [9.17, 15) is 17.7 Å². The summed E-state index contributed by atoms with van der Waals surface area (Å²) < 4.78 is 57.6. The second-order valence-electron chi connectivity index (χ2n) is 9.77. The molecule has 0 saturated carbocycles. The highest BCUT2D eigenvalue weighted by molar-refractivity contribution is 7.71. The Bertz CT molecular complexity index is 1900. The number of anilines is 4. The Balaban J connectivity index is 1.59. The summed E-state index contributed by atoms with van der Waals surface area (Å²) in [6.07, 6.45) is 2.90. The van der Waals surface area contributed by atoms with Crippen molar-refractivity contribution in [3.63, 3.8) is 0 Å². The average molecular weight is 610 g/mol. The minimum absolute atomic E-state index is 0.0405. The molecular weight excluding hydrogens is 582 g/mol. The maximum atomic E-state index is 13.4. The van der Waals surface area contributed by atoms with E-state index in [1.807, 2.05) is 0 Å². The van der Waals surface area contributed by atoms with Gasteiger partial charge in [-0.05, 0) is 49.2 Å².